The second-order valence-corrected chi connectivity index (χ2v) is 5.35. The van der Waals surface area contributed by atoms with Crippen LogP contribution in [0, 0.1) is 12.7 Å². The molecule has 3 nitrogen and oxygen atoms in total. The van der Waals surface area contributed by atoms with Gasteiger partial charge in [0.15, 0.2) is 0 Å². The van der Waals surface area contributed by atoms with Crippen molar-refractivity contribution in [3.8, 4) is 11.1 Å². The summed E-state index contributed by atoms with van der Waals surface area (Å²) >= 11 is 0. The molecule has 0 bridgehead atoms. The Morgan fingerprint density at radius 2 is 1.56 bits per heavy atom. The lowest BCUT2D eigenvalue weighted by Gasteiger charge is -2.06. The van der Waals surface area contributed by atoms with E-state index in [0.717, 1.165) is 0 Å². The normalized spacial score (nSPS) is 11.5. The predicted molar refractivity (Wildman–Crippen MR) is 66.4 cm³/mol. The van der Waals surface area contributed by atoms with Crippen molar-refractivity contribution in [3.05, 3.63) is 53.8 Å². The van der Waals surface area contributed by atoms with Gasteiger partial charge >= 0.3 is 0 Å². The lowest BCUT2D eigenvalue weighted by Crippen LogP contribution is -2.01. The molecule has 1 N–H and O–H groups in total. The Bertz CT molecular complexity index is 676. The Labute approximate surface area is 105 Å². The van der Waals surface area contributed by atoms with Crippen LogP contribution in [0.15, 0.2) is 47.4 Å². The van der Waals surface area contributed by atoms with Gasteiger partial charge in [0.05, 0.1) is 4.90 Å². The SMILES string of the molecule is Cc1ccc(-c2ccc(F)cc2)cc1S(=O)(=O)O. The predicted octanol–water partition coefficient (Wildman–Crippen LogP) is 3.05. The molecular formula is C13H11FO3S. The van der Waals surface area contributed by atoms with Gasteiger partial charge in [-0.15, -0.1) is 0 Å². The minimum absolute atomic E-state index is 0.135. The van der Waals surface area contributed by atoms with E-state index < -0.39 is 10.1 Å². The van der Waals surface area contributed by atoms with E-state index in [1.54, 1.807) is 31.2 Å². The molecule has 0 aliphatic rings. The van der Waals surface area contributed by atoms with Gasteiger partial charge in [0.25, 0.3) is 10.1 Å². The third-order valence-electron chi connectivity index (χ3n) is 2.64. The molecule has 0 aliphatic heterocycles. The fourth-order valence-corrected chi connectivity index (χ4v) is 2.45. The number of rotatable bonds is 2. The molecule has 0 spiro atoms. The van der Waals surface area contributed by atoms with Crippen LogP contribution in [0.2, 0.25) is 0 Å². The Morgan fingerprint density at radius 3 is 2.11 bits per heavy atom. The van der Waals surface area contributed by atoms with Crippen molar-refractivity contribution in [2.75, 3.05) is 0 Å². The minimum atomic E-state index is -4.25. The largest absolute Gasteiger partial charge is 0.294 e. The van der Waals surface area contributed by atoms with E-state index in [1.807, 2.05) is 0 Å². The number of benzene rings is 2. The first-order valence-electron chi connectivity index (χ1n) is 5.22. The fraction of sp³-hybridized carbons (Fsp3) is 0.0769. The van der Waals surface area contributed by atoms with Gasteiger partial charge in [-0.1, -0.05) is 24.3 Å². The van der Waals surface area contributed by atoms with Gasteiger partial charge < -0.3 is 0 Å². The number of aryl methyl sites for hydroxylation is 1. The second-order valence-electron chi connectivity index (χ2n) is 3.96. The van der Waals surface area contributed by atoms with E-state index in [2.05, 4.69) is 0 Å². The summed E-state index contributed by atoms with van der Waals surface area (Å²) in [6, 6.07) is 10.4. The molecule has 94 valence electrons. The summed E-state index contributed by atoms with van der Waals surface area (Å²) in [4.78, 5) is -0.135. The summed E-state index contributed by atoms with van der Waals surface area (Å²) < 4.78 is 44.3. The van der Waals surface area contributed by atoms with Crippen LogP contribution in [0.4, 0.5) is 4.39 Å². The van der Waals surface area contributed by atoms with Gasteiger partial charge in [-0.25, -0.2) is 4.39 Å². The summed E-state index contributed by atoms with van der Waals surface area (Å²) in [5, 5.41) is 0. The van der Waals surface area contributed by atoms with Crippen molar-refractivity contribution in [1.82, 2.24) is 0 Å². The number of hydrogen-bond acceptors (Lipinski definition) is 2. The zero-order valence-corrected chi connectivity index (χ0v) is 10.4. The molecule has 18 heavy (non-hydrogen) atoms. The molecule has 0 aliphatic carbocycles. The molecule has 0 radical (unpaired) electrons. The van der Waals surface area contributed by atoms with Crippen LogP contribution in [0.3, 0.4) is 0 Å². The van der Waals surface area contributed by atoms with Crippen molar-refractivity contribution < 1.29 is 17.4 Å². The fourth-order valence-electron chi connectivity index (χ4n) is 1.70. The molecule has 0 fully saturated rings. The molecule has 0 atom stereocenters. The zero-order valence-electron chi connectivity index (χ0n) is 9.59. The van der Waals surface area contributed by atoms with Crippen LogP contribution in [0.1, 0.15) is 5.56 Å². The van der Waals surface area contributed by atoms with Crippen molar-refractivity contribution in [3.63, 3.8) is 0 Å². The van der Waals surface area contributed by atoms with Crippen molar-refractivity contribution in [1.29, 1.82) is 0 Å². The van der Waals surface area contributed by atoms with Gasteiger partial charge in [-0.3, -0.25) is 4.55 Å². The number of halogens is 1. The highest BCUT2D eigenvalue weighted by molar-refractivity contribution is 7.85. The van der Waals surface area contributed by atoms with Crippen LogP contribution >= 0.6 is 0 Å². The minimum Gasteiger partial charge on any atom is -0.282 e. The van der Waals surface area contributed by atoms with Crippen LogP contribution in [-0.2, 0) is 10.1 Å². The quantitative estimate of drug-likeness (QED) is 0.850. The maximum atomic E-state index is 12.8. The molecule has 2 rings (SSSR count). The monoisotopic (exact) mass is 266 g/mol. The summed E-state index contributed by atoms with van der Waals surface area (Å²) in [7, 11) is -4.25. The maximum Gasteiger partial charge on any atom is 0.294 e. The number of hydrogen-bond donors (Lipinski definition) is 1. The molecule has 0 aromatic heterocycles. The van der Waals surface area contributed by atoms with E-state index in [0.29, 0.717) is 16.7 Å². The summed E-state index contributed by atoms with van der Waals surface area (Å²) in [5.74, 6) is -0.360. The van der Waals surface area contributed by atoms with Crippen LogP contribution in [0.25, 0.3) is 11.1 Å². The Morgan fingerprint density at radius 1 is 1.00 bits per heavy atom. The molecule has 0 heterocycles. The first kappa shape index (κ1) is 12.7. The molecule has 0 unspecified atom stereocenters. The van der Waals surface area contributed by atoms with Gasteiger partial charge in [0.1, 0.15) is 5.82 Å². The van der Waals surface area contributed by atoms with E-state index in [1.165, 1.54) is 18.2 Å². The Hall–Kier alpha value is -1.72. The van der Waals surface area contributed by atoms with Crippen molar-refractivity contribution >= 4 is 10.1 Å². The van der Waals surface area contributed by atoms with Crippen LogP contribution < -0.4 is 0 Å². The highest BCUT2D eigenvalue weighted by atomic mass is 32.2. The highest BCUT2D eigenvalue weighted by Gasteiger charge is 2.14. The smallest absolute Gasteiger partial charge is 0.282 e. The van der Waals surface area contributed by atoms with Crippen molar-refractivity contribution in [2.24, 2.45) is 0 Å². The third kappa shape index (κ3) is 2.57. The zero-order chi connectivity index (χ0) is 13.3. The molecule has 0 saturated heterocycles. The average Bonchev–Trinajstić information content (AvgIpc) is 2.29. The average molecular weight is 266 g/mol. The van der Waals surface area contributed by atoms with Gasteiger partial charge in [0, 0.05) is 0 Å². The van der Waals surface area contributed by atoms with Gasteiger partial charge in [0.2, 0.25) is 0 Å². The van der Waals surface area contributed by atoms with E-state index in [9.17, 15) is 12.8 Å². The van der Waals surface area contributed by atoms with E-state index in [4.69, 9.17) is 4.55 Å². The van der Waals surface area contributed by atoms with E-state index >= 15 is 0 Å². The van der Waals surface area contributed by atoms with Crippen LogP contribution in [0.5, 0.6) is 0 Å². The lowest BCUT2D eigenvalue weighted by molar-refractivity contribution is 0.482. The first-order valence-corrected chi connectivity index (χ1v) is 6.66. The van der Waals surface area contributed by atoms with E-state index in [-0.39, 0.29) is 10.7 Å². The second kappa shape index (κ2) is 4.51. The van der Waals surface area contributed by atoms with Gasteiger partial charge in [-0.2, -0.15) is 8.42 Å². The van der Waals surface area contributed by atoms with Crippen LogP contribution in [-0.4, -0.2) is 13.0 Å². The van der Waals surface area contributed by atoms with Crippen molar-refractivity contribution in [2.45, 2.75) is 11.8 Å². The molecule has 2 aromatic carbocycles. The lowest BCUT2D eigenvalue weighted by atomic mass is 10.0. The molecule has 5 heteroatoms. The standard InChI is InChI=1S/C13H11FO3S/c1-9-2-3-11(8-13(9)18(15,16)17)10-4-6-12(14)7-5-10/h2-8H,1H3,(H,15,16,17). The maximum absolute atomic E-state index is 12.8. The molecule has 0 amide bonds. The Kier molecular flexibility index (Phi) is 3.19. The summed E-state index contributed by atoms with van der Waals surface area (Å²) in [5.41, 5.74) is 1.75. The highest BCUT2D eigenvalue weighted by Crippen LogP contribution is 2.25. The topological polar surface area (TPSA) is 54.4 Å². The Balaban J connectivity index is 2.57. The molecular weight excluding hydrogens is 255 g/mol. The third-order valence-corrected chi connectivity index (χ3v) is 3.64. The molecule has 2 aromatic rings. The van der Waals surface area contributed by atoms with Gasteiger partial charge in [-0.05, 0) is 41.8 Å². The first-order chi connectivity index (χ1) is 8.38. The molecule has 0 saturated carbocycles. The summed E-state index contributed by atoms with van der Waals surface area (Å²) in [6.07, 6.45) is 0. The summed E-state index contributed by atoms with van der Waals surface area (Å²) in [6.45, 7) is 1.59.